The molecule has 0 bridgehead atoms. The molecular weight excluding hydrogens is 228 g/mol. The summed E-state index contributed by atoms with van der Waals surface area (Å²) in [6, 6.07) is 8.10. The molecule has 2 heterocycles. The average molecular weight is 246 g/mol. The molecule has 1 saturated heterocycles. The molecule has 1 aromatic carbocycles. The number of fused-ring (bicyclic) bond motifs is 1. The normalized spacial score (nSPS) is 27.1. The van der Waals surface area contributed by atoms with Crippen molar-refractivity contribution >= 4 is 5.91 Å². The van der Waals surface area contributed by atoms with E-state index in [0.717, 1.165) is 13.0 Å². The quantitative estimate of drug-likeness (QED) is 0.749. The summed E-state index contributed by atoms with van der Waals surface area (Å²) in [6.07, 6.45) is 1.11. The van der Waals surface area contributed by atoms with Gasteiger partial charge in [0.25, 0.3) is 0 Å². The predicted molar refractivity (Wildman–Crippen MR) is 68.0 cm³/mol. The van der Waals surface area contributed by atoms with Crippen molar-refractivity contribution in [2.24, 2.45) is 0 Å². The van der Waals surface area contributed by atoms with Gasteiger partial charge in [-0.2, -0.15) is 0 Å². The second-order valence-electron chi connectivity index (χ2n) is 5.13. The highest BCUT2D eigenvalue weighted by atomic mass is 16.3. The Hall–Kier alpha value is -1.39. The lowest BCUT2D eigenvalue weighted by Gasteiger charge is -2.28. The zero-order chi connectivity index (χ0) is 12.5. The third kappa shape index (κ3) is 2.13. The van der Waals surface area contributed by atoms with E-state index >= 15 is 0 Å². The van der Waals surface area contributed by atoms with Crippen molar-refractivity contribution in [3.63, 3.8) is 0 Å². The van der Waals surface area contributed by atoms with Gasteiger partial charge in [-0.1, -0.05) is 24.3 Å². The van der Waals surface area contributed by atoms with Gasteiger partial charge in [0.05, 0.1) is 12.1 Å². The number of nitrogens with zero attached hydrogens (tertiary/aromatic N) is 1. The first kappa shape index (κ1) is 11.7. The summed E-state index contributed by atoms with van der Waals surface area (Å²) in [4.78, 5) is 14.1. The number of carbonyl (C=O) groups excluding carboxylic acids is 1. The minimum absolute atomic E-state index is 0.126. The van der Waals surface area contributed by atoms with Crippen molar-refractivity contribution in [3.05, 3.63) is 35.4 Å². The van der Waals surface area contributed by atoms with E-state index in [0.29, 0.717) is 19.5 Å². The van der Waals surface area contributed by atoms with E-state index in [1.165, 1.54) is 11.1 Å². The fraction of sp³-hybridized carbons (Fsp3) is 0.500. The summed E-state index contributed by atoms with van der Waals surface area (Å²) in [6.45, 7) is 1.92. The van der Waals surface area contributed by atoms with Crippen molar-refractivity contribution in [2.75, 3.05) is 13.1 Å². The Morgan fingerprint density at radius 3 is 2.83 bits per heavy atom. The summed E-state index contributed by atoms with van der Waals surface area (Å²) >= 11 is 0. The largest absolute Gasteiger partial charge is 0.391 e. The molecule has 4 nitrogen and oxygen atoms in total. The maximum atomic E-state index is 12.3. The zero-order valence-electron chi connectivity index (χ0n) is 10.3. The number of hydrogen-bond donors (Lipinski definition) is 2. The minimum atomic E-state index is -0.343. The Bertz CT molecular complexity index is 461. The number of carbonyl (C=O) groups is 1. The van der Waals surface area contributed by atoms with Crippen LogP contribution in [0, 0.1) is 0 Å². The van der Waals surface area contributed by atoms with Crippen LogP contribution in [0.4, 0.5) is 0 Å². The van der Waals surface area contributed by atoms with Crippen molar-refractivity contribution in [3.8, 4) is 0 Å². The number of likely N-dealkylation sites (tertiary alicyclic amines) is 1. The Morgan fingerprint density at radius 2 is 2.11 bits per heavy atom. The van der Waals surface area contributed by atoms with Gasteiger partial charge in [0, 0.05) is 19.6 Å². The minimum Gasteiger partial charge on any atom is -0.391 e. The number of hydrogen-bond acceptors (Lipinski definition) is 3. The van der Waals surface area contributed by atoms with Crippen LogP contribution >= 0.6 is 0 Å². The molecule has 96 valence electrons. The van der Waals surface area contributed by atoms with Crippen molar-refractivity contribution < 1.29 is 9.90 Å². The third-order valence-corrected chi connectivity index (χ3v) is 3.85. The fourth-order valence-corrected chi connectivity index (χ4v) is 2.79. The lowest BCUT2D eigenvalue weighted by Crippen LogP contribution is -2.48. The number of aliphatic hydroxyl groups excluding tert-OH is 1. The number of aliphatic hydroxyl groups is 1. The summed E-state index contributed by atoms with van der Waals surface area (Å²) in [5.74, 6) is 0.126. The zero-order valence-corrected chi connectivity index (χ0v) is 10.3. The number of rotatable bonds is 1. The Morgan fingerprint density at radius 1 is 1.33 bits per heavy atom. The highest BCUT2D eigenvalue weighted by Crippen LogP contribution is 2.19. The molecule has 0 spiro atoms. The molecule has 2 aliphatic rings. The van der Waals surface area contributed by atoms with Gasteiger partial charge in [0.1, 0.15) is 0 Å². The molecule has 0 saturated carbocycles. The van der Waals surface area contributed by atoms with E-state index in [-0.39, 0.29) is 18.1 Å². The number of amides is 1. The van der Waals surface area contributed by atoms with Gasteiger partial charge in [-0.3, -0.25) is 4.79 Å². The third-order valence-electron chi connectivity index (χ3n) is 3.85. The van der Waals surface area contributed by atoms with Crippen LogP contribution in [0.2, 0.25) is 0 Å². The Balaban J connectivity index is 1.70. The molecule has 2 N–H and O–H groups in total. The Labute approximate surface area is 107 Å². The number of benzene rings is 1. The van der Waals surface area contributed by atoms with Crippen molar-refractivity contribution in [1.29, 1.82) is 0 Å². The molecule has 1 aromatic rings. The van der Waals surface area contributed by atoms with E-state index in [9.17, 15) is 9.90 Å². The van der Waals surface area contributed by atoms with Crippen LogP contribution in [0.3, 0.4) is 0 Å². The van der Waals surface area contributed by atoms with Crippen molar-refractivity contribution in [2.45, 2.75) is 31.5 Å². The van der Waals surface area contributed by atoms with Crippen LogP contribution in [0.25, 0.3) is 0 Å². The molecule has 0 aliphatic carbocycles. The van der Waals surface area contributed by atoms with E-state index in [4.69, 9.17) is 0 Å². The number of nitrogens with one attached hydrogen (secondary N) is 1. The molecule has 1 amide bonds. The Kier molecular flexibility index (Phi) is 3.06. The van der Waals surface area contributed by atoms with Gasteiger partial charge in [-0.25, -0.2) is 0 Å². The molecule has 4 heteroatoms. The summed E-state index contributed by atoms with van der Waals surface area (Å²) in [7, 11) is 0. The van der Waals surface area contributed by atoms with E-state index < -0.39 is 0 Å². The monoisotopic (exact) mass is 246 g/mol. The SMILES string of the molecule is O=C([C@@H]1Cc2ccccc2CN1)N1CCC(O)C1. The topological polar surface area (TPSA) is 52.6 Å². The van der Waals surface area contributed by atoms with Gasteiger partial charge >= 0.3 is 0 Å². The van der Waals surface area contributed by atoms with Crippen LogP contribution in [-0.2, 0) is 17.8 Å². The molecule has 18 heavy (non-hydrogen) atoms. The molecule has 0 aromatic heterocycles. The maximum Gasteiger partial charge on any atom is 0.240 e. The summed E-state index contributed by atoms with van der Waals surface area (Å²) in [5, 5.41) is 12.8. The van der Waals surface area contributed by atoms with Crippen LogP contribution in [0.1, 0.15) is 17.5 Å². The molecule has 1 unspecified atom stereocenters. The van der Waals surface area contributed by atoms with Gasteiger partial charge in [0.15, 0.2) is 0 Å². The van der Waals surface area contributed by atoms with Crippen LogP contribution < -0.4 is 5.32 Å². The molecule has 0 radical (unpaired) electrons. The second kappa shape index (κ2) is 4.71. The molecule has 1 fully saturated rings. The summed E-state index contributed by atoms with van der Waals surface area (Å²) in [5.41, 5.74) is 2.54. The predicted octanol–water partition coefficient (Wildman–Crippen LogP) is 0.294. The molecule has 2 aliphatic heterocycles. The average Bonchev–Trinajstić information content (AvgIpc) is 2.84. The van der Waals surface area contributed by atoms with Crippen LogP contribution in [0.5, 0.6) is 0 Å². The van der Waals surface area contributed by atoms with Crippen LogP contribution in [0.15, 0.2) is 24.3 Å². The summed E-state index contributed by atoms with van der Waals surface area (Å²) < 4.78 is 0. The smallest absolute Gasteiger partial charge is 0.240 e. The van der Waals surface area contributed by atoms with Gasteiger partial charge < -0.3 is 15.3 Å². The lowest BCUT2D eigenvalue weighted by molar-refractivity contribution is -0.132. The molecule has 2 atom stereocenters. The first-order valence-electron chi connectivity index (χ1n) is 6.51. The molecular formula is C14H18N2O2. The van der Waals surface area contributed by atoms with E-state index in [2.05, 4.69) is 17.4 Å². The van der Waals surface area contributed by atoms with Gasteiger partial charge in [0.2, 0.25) is 5.91 Å². The number of β-amino-alcohol motifs (C(OH)–C–C–N with tert-alkyl or cyclic N) is 1. The second-order valence-corrected chi connectivity index (χ2v) is 5.13. The molecule has 3 rings (SSSR count). The highest BCUT2D eigenvalue weighted by molar-refractivity contribution is 5.83. The van der Waals surface area contributed by atoms with Crippen molar-refractivity contribution in [1.82, 2.24) is 10.2 Å². The van der Waals surface area contributed by atoms with Gasteiger partial charge in [-0.05, 0) is 24.0 Å². The maximum absolute atomic E-state index is 12.3. The van der Waals surface area contributed by atoms with Crippen LogP contribution in [-0.4, -0.2) is 41.1 Å². The standard InChI is InChI=1S/C14H18N2O2/c17-12-5-6-16(9-12)14(18)13-7-10-3-1-2-4-11(10)8-15-13/h1-4,12-13,15,17H,5-9H2/t12?,13-/m0/s1. The fourth-order valence-electron chi connectivity index (χ4n) is 2.79. The van der Waals surface area contributed by atoms with E-state index in [1.807, 2.05) is 12.1 Å². The lowest BCUT2D eigenvalue weighted by atomic mass is 9.95. The first-order valence-corrected chi connectivity index (χ1v) is 6.51. The van der Waals surface area contributed by atoms with E-state index in [1.54, 1.807) is 4.90 Å². The highest BCUT2D eigenvalue weighted by Gasteiger charge is 2.31. The van der Waals surface area contributed by atoms with Gasteiger partial charge in [-0.15, -0.1) is 0 Å². The first-order chi connectivity index (χ1) is 8.74.